The van der Waals surface area contributed by atoms with Crippen LogP contribution in [0, 0.1) is 6.92 Å². The van der Waals surface area contributed by atoms with E-state index in [9.17, 15) is 0 Å². The molecule has 0 atom stereocenters. The predicted molar refractivity (Wildman–Crippen MR) is 137 cm³/mol. The van der Waals surface area contributed by atoms with Crippen molar-refractivity contribution in [2.75, 3.05) is 0 Å². The first kappa shape index (κ1) is 24.4. The minimum atomic E-state index is 0.00776. The smallest absolute Gasteiger partial charge is 0.208 e. The summed E-state index contributed by atoms with van der Waals surface area (Å²) in [6, 6.07) is 13.1. The molecule has 1 heterocycles. The van der Waals surface area contributed by atoms with Crippen LogP contribution in [0.25, 0.3) is 22.8 Å². The van der Waals surface area contributed by atoms with Gasteiger partial charge in [0.05, 0.1) is 0 Å². The molecule has 0 N–H and O–H groups in total. The van der Waals surface area contributed by atoms with E-state index in [0.29, 0.717) is 11.6 Å². The maximum absolute atomic E-state index is 6.42. The summed E-state index contributed by atoms with van der Waals surface area (Å²) >= 11 is 6.42. The van der Waals surface area contributed by atoms with E-state index >= 15 is 0 Å². The van der Waals surface area contributed by atoms with E-state index in [0.717, 1.165) is 11.1 Å². The fourth-order valence-electron chi connectivity index (χ4n) is 3.58. The molecule has 0 amide bonds. The van der Waals surface area contributed by atoms with Crippen LogP contribution in [0.5, 0.6) is 0 Å². The van der Waals surface area contributed by atoms with Gasteiger partial charge in [0.15, 0.2) is 11.6 Å². The predicted octanol–water partition coefficient (Wildman–Crippen LogP) is 8.06. The Morgan fingerprint density at radius 1 is 0.531 bits per heavy atom. The maximum Gasteiger partial charge on any atom is 0.226 e. The molecular weight excluding hydrogens is 414 g/mol. The molecule has 2 aromatic carbocycles. The van der Waals surface area contributed by atoms with Crippen molar-refractivity contribution < 1.29 is 0 Å². The summed E-state index contributed by atoms with van der Waals surface area (Å²) in [4.78, 5) is 13.9. The molecule has 0 saturated carbocycles. The van der Waals surface area contributed by atoms with Crippen molar-refractivity contribution in [2.45, 2.75) is 85.5 Å². The van der Waals surface area contributed by atoms with Crippen LogP contribution in [0.2, 0.25) is 5.28 Å². The number of hydrogen-bond donors (Lipinski definition) is 0. The summed E-state index contributed by atoms with van der Waals surface area (Å²) in [7, 11) is 0. The maximum atomic E-state index is 6.42. The summed E-state index contributed by atoms with van der Waals surface area (Å²) < 4.78 is 0. The van der Waals surface area contributed by atoms with Crippen molar-refractivity contribution in [3.63, 3.8) is 0 Å². The number of halogens is 1. The molecule has 0 bridgehead atoms. The summed E-state index contributed by atoms with van der Waals surface area (Å²) in [5.74, 6) is 1.21. The Balaban J connectivity index is 2.22. The van der Waals surface area contributed by atoms with Crippen LogP contribution in [0.15, 0.2) is 36.4 Å². The van der Waals surface area contributed by atoms with Gasteiger partial charge in [-0.25, -0.2) is 4.98 Å². The third kappa shape index (κ3) is 5.56. The summed E-state index contributed by atoms with van der Waals surface area (Å²) in [5.41, 5.74) is 6.91. The van der Waals surface area contributed by atoms with Crippen LogP contribution in [-0.4, -0.2) is 15.0 Å². The monoisotopic (exact) mass is 449 g/mol. The highest BCUT2D eigenvalue weighted by molar-refractivity contribution is 6.28. The second-order valence-electron chi connectivity index (χ2n) is 11.9. The fourth-order valence-corrected chi connectivity index (χ4v) is 3.74. The molecule has 0 fully saturated rings. The van der Waals surface area contributed by atoms with E-state index in [1.807, 2.05) is 0 Å². The fraction of sp³-hybridized carbons (Fsp3) is 0.464. The highest BCUT2D eigenvalue weighted by Crippen LogP contribution is 2.34. The Morgan fingerprint density at radius 2 is 0.906 bits per heavy atom. The summed E-state index contributed by atoms with van der Waals surface area (Å²) in [6.07, 6.45) is 0. The summed E-state index contributed by atoms with van der Waals surface area (Å²) in [6.45, 7) is 22.1. The highest BCUT2D eigenvalue weighted by Gasteiger charge is 2.22. The number of hydrogen-bond acceptors (Lipinski definition) is 3. The van der Waals surface area contributed by atoms with Gasteiger partial charge < -0.3 is 0 Å². The van der Waals surface area contributed by atoms with Gasteiger partial charge in [0.25, 0.3) is 0 Å². The van der Waals surface area contributed by atoms with Crippen LogP contribution in [-0.2, 0) is 16.2 Å². The molecule has 0 aliphatic rings. The van der Waals surface area contributed by atoms with E-state index in [4.69, 9.17) is 16.6 Å². The van der Waals surface area contributed by atoms with Crippen LogP contribution >= 0.6 is 11.6 Å². The van der Waals surface area contributed by atoms with Gasteiger partial charge in [-0.05, 0) is 75.7 Å². The first-order valence-electron chi connectivity index (χ1n) is 11.2. The minimum absolute atomic E-state index is 0.00776. The molecule has 0 aliphatic heterocycles. The molecule has 0 saturated heterocycles. The van der Waals surface area contributed by atoms with E-state index in [1.54, 1.807) is 0 Å². The lowest BCUT2D eigenvalue weighted by atomic mass is 9.79. The van der Waals surface area contributed by atoms with Crippen molar-refractivity contribution in [1.29, 1.82) is 0 Å². The third-order valence-electron chi connectivity index (χ3n) is 5.73. The zero-order chi connectivity index (χ0) is 24.1. The number of aromatic nitrogens is 3. The lowest BCUT2D eigenvalue weighted by Gasteiger charge is -2.26. The van der Waals surface area contributed by atoms with E-state index in [2.05, 4.69) is 116 Å². The first-order valence-corrected chi connectivity index (χ1v) is 11.6. The van der Waals surface area contributed by atoms with Crippen LogP contribution in [0.1, 0.15) is 84.6 Å². The van der Waals surface area contributed by atoms with Crippen molar-refractivity contribution >= 4 is 11.6 Å². The molecule has 4 heteroatoms. The Bertz CT molecular complexity index is 1110. The van der Waals surface area contributed by atoms with Crippen molar-refractivity contribution in [3.8, 4) is 22.8 Å². The van der Waals surface area contributed by atoms with Crippen molar-refractivity contribution in [3.05, 3.63) is 63.9 Å². The van der Waals surface area contributed by atoms with Crippen molar-refractivity contribution in [2.24, 2.45) is 0 Å². The van der Waals surface area contributed by atoms with E-state index in [-0.39, 0.29) is 21.5 Å². The minimum Gasteiger partial charge on any atom is -0.208 e. The van der Waals surface area contributed by atoms with E-state index < -0.39 is 0 Å². The van der Waals surface area contributed by atoms with Crippen LogP contribution < -0.4 is 0 Å². The van der Waals surface area contributed by atoms with Crippen molar-refractivity contribution in [1.82, 2.24) is 15.0 Å². The Hall–Kier alpha value is -2.26. The highest BCUT2D eigenvalue weighted by atomic mass is 35.5. The standard InChI is InChI=1S/C28H36ClN3/c1-17-11-18(13-20(12-17)26(2,3)4)23-30-24(32-25(29)31-23)19-14-21(27(5,6)7)16-22(15-19)28(8,9)10/h11-16H,1-10H3. The molecule has 32 heavy (non-hydrogen) atoms. The molecule has 0 unspecified atom stereocenters. The van der Waals surface area contributed by atoms with Crippen LogP contribution in [0.4, 0.5) is 0 Å². The molecule has 0 aliphatic carbocycles. The Kier molecular flexibility index (Phi) is 6.30. The van der Waals surface area contributed by atoms with E-state index in [1.165, 1.54) is 22.3 Å². The normalized spacial score (nSPS) is 12.8. The second kappa shape index (κ2) is 8.26. The quantitative estimate of drug-likeness (QED) is 0.397. The van der Waals surface area contributed by atoms with Crippen LogP contribution in [0.3, 0.4) is 0 Å². The SMILES string of the molecule is Cc1cc(-c2nc(Cl)nc(-c3cc(C(C)(C)C)cc(C(C)(C)C)c3)n2)cc(C(C)(C)C)c1. The molecule has 170 valence electrons. The first-order chi connectivity index (χ1) is 14.5. The lowest BCUT2D eigenvalue weighted by molar-refractivity contribution is 0.569. The lowest BCUT2D eigenvalue weighted by Crippen LogP contribution is -2.16. The van der Waals surface area contributed by atoms with Gasteiger partial charge in [0.2, 0.25) is 5.28 Å². The molecule has 1 aromatic heterocycles. The van der Waals surface area contributed by atoms with Gasteiger partial charge in [-0.15, -0.1) is 0 Å². The number of benzene rings is 2. The Labute approximate surface area is 198 Å². The number of nitrogens with zero attached hydrogens (tertiary/aromatic N) is 3. The zero-order valence-electron chi connectivity index (χ0n) is 21.2. The van der Waals surface area contributed by atoms with Gasteiger partial charge in [-0.1, -0.05) is 80.0 Å². The van der Waals surface area contributed by atoms with Gasteiger partial charge in [-0.3, -0.25) is 0 Å². The van der Waals surface area contributed by atoms with Gasteiger partial charge >= 0.3 is 0 Å². The number of rotatable bonds is 2. The third-order valence-corrected chi connectivity index (χ3v) is 5.90. The Morgan fingerprint density at radius 3 is 1.31 bits per heavy atom. The average Bonchev–Trinajstić information content (AvgIpc) is 2.64. The number of aryl methyl sites for hydroxylation is 1. The van der Waals surface area contributed by atoms with Gasteiger partial charge in [0, 0.05) is 11.1 Å². The largest absolute Gasteiger partial charge is 0.226 e. The molecule has 3 rings (SSSR count). The molecule has 3 aromatic rings. The van der Waals surface area contributed by atoms with Gasteiger partial charge in [0.1, 0.15) is 0 Å². The average molecular weight is 450 g/mol. The van der Waals surface area contributed by atoms with Gasteiger partial charge in [-0.2, -0.15) is 9.97 Å². The molecular formula is C28H36ClN3. The molecule has 0 radical (unpaired) electrons. The second-order valence-corrected chi connectivity index (χ2v) is 12.2. The molecule has 0 spiro atoms. The topological polar surface area (TPSA) is 38.7 Å². The zero-order valence-corrected chi connectivity index (χ0v) is 21.9. The molecule has 3 nitrogen and oxygen atoms in total. The summed E-state index contributed by atoms with van der Waals surface area (Å²) in [5, 5.41) is 0.210.